The molecule has 19 heavy (non-hydrogen) atoms. The fourth-order valence-electron chi connectivity index (χ4n) is 2.36. The second kappa shape index (κ2) is 5.99. The molecule has 1 amide bonds. The van der Waals surface area contributed by atoms with Crippen molar-refractivity contribution in [3.63, 3.8) is 0 Å². The van der Waals surface area contributed by atoms with Crippen LogP contribution >= 0.6 is 0 Å². The number of hydrogen-bond acceptors (Lipinski definition) is 4. The largest absolute Gasteiger partial charge is 0.474 e. The van der Waals surface area contributed by atoms with E-state index in [0.717, 1.165) is 37.4 Å². The molecule has 0 radical (unpaired) electrons. The van der Waals surface area contributed by atoms with Gasteiger partial charge in [0.05, 0.1) is 0 Å². The van der Waals surface area contributed by atoms with E-state index in [4.69, 9.17) is 4.74 Å². The predicted molar refractivity (Wildman–Crippen MR) is 72.0 cm³/mol. The molecule has 0 atom stereocenters. The quantitative estimate of drug-likeness (QED) is 0.835. The molecule has 0 N–H and O–H groups in total. The van der Waals surface area contributed by atoms with E-state index in [1.807, 2.05) is 31.7 Å². The summed E-state index contributed by atoms with van der Waals surface area (Å²) in [4.78, 5) is 22.0. The SMILES string of the molecule is CCC(=O)N1CCC(Oc2cc(C)nc(C)n2)CC1. The fourth-order valence-corrected chi connectivity index (χ4v) is 2.36. The summed E-state index contributed by atoms with van der Waals surface area (Å²) < 4.78 is 5.89. The van der Waals surface area contributed by atoms with Crippen molar-refractivity contribution in [1.29, 1.82) is 0 Å². The Kier molecular flexibility index (Phi) is 4.35. The van der Waals surface area contributed by atoms with Crippen LogP contribution in [0.5, 0.6) is 5.88 Å². The summed E-state index contributed by atoms with van der Waals surface area (Å²) in [7, 11) is 0. The summed E-state index contributed by atoms with van der Waals surface area (Å²) in [6, 6.07) is 1.86. The number of carbonyl (C=O) groups is 1. The molecular formula is C14H21N3O2. The maximum Gasteiger partial charge on any atom is 0.222 e. The highest BCUT2D eigenvalue weighted by molar-refractivity contribution is 5.75. The first-order valence-electron chi connectivity index (χ1n) is 6.85. The first kappa shape index (κ1) is 13.8. The van der Waals surface area contributed by atoms with Crippen molar-refractivity contribution in [3.05, 3.63) is 17.6 Å². The minimum absolute atomic E-state index is 0.148. The molecule has 1 aromatic heterocycles. The molecule has 1 fully saturated rings. The molecule has 0 unspecified atom stereocenters. The highest BCUT2D eigenvalue weighted by atomic mass is 16.5. The van der Waals surface area contributed by atoms with Crippen molar-refractivity contribution in [3.8, 4) is 5.88 Å². The first-order chi connectivity index (χ1) is 9.08. The van der Waals surface area contributed by atoms with Gasteiger partial charge in [-0.05, 0) is 13.8 Å². The Labute approximate surface area is 114 Å². The second-order valence-corrected chi connectivity index (χ2v) is 4.95. The molecular weight excluding hydrogens is 242 g/mol. The third kappa shape index (κ3) is 3.66. The Balaban J connectivity index is 1.90. The van der Waals surface area contributed by atoms with Crippen LogP contribution in [-0.4, -0.2) is 40.0 Å². The molecule has 0 aliphatic carbocycles. The molecule has 0 aromatic carbocycles. The Bertz CT molecular complexity index is 434. The van der Waals surface area contributed by atoms with E-state index in [1.165, 1.54) is 0 Å². The maximum absolute atomic E-state index is 11.6. The highest BCUT2D eigenvalue weighted by Crippen LogP contribution is 2.18. The zero-order valence-electron chi connectivity index (χ0n) is 11.8. The second-order valence-electron chi connectivity index (χ2n) is 4.95. The molecule has 104 valence electrons. The third-order valence-electron chi connectivity index (χ3n) is 3.33. The fraction of sp³-hybridized carbons (Fsp3) is 0.643. The minimum Gasteiger partial charge on any atom is -0.474 e. The van der Waals surface area contributed by atoms with Crippen LogP contribution in [0.1, 0.15) is 37.7 Å². The van der Waals surface area contributed by atoms with Crippen LogP contribution in [0.15, 0.2) is 6.07 Å². The number of hydrogen-bond donors (Lipinski definition) is 0. The van der Waals surface area contributed by atoms with Gasteiger partial charge >= 0.3 is 0 Å². The number of piperidine rings is 1. The number of aryl methyl sites for hydroxylation is 2. The summed E-state index contributed by atoms with van der Waals surface area (Å²) in [5.41, 5.74) is 0.918. The average Bonchev–Trinajstić information content (AvgIpc) is 2.37. The van der Waals surface area contributed by atoms with Crippen molar-refractivity contribution < 1.29 is 9.53 Å². The lowest BCUT2D eigenvalue weighted by atomic mass is 10.1. The van der Waals surface area contributed by atoms with Crippen molar-refractivity contribution in [2.45, 2.75) is 46.1 Å². The van der Waals surface area contributed by atoms with Gasteiger partial charge in [-0.2, -0.15) is 4.98 Å². The number of amides is 1. The van der Waals surface area contributed by atoms with Gasteiger partial charge in [-0.15, -0.1) is 0 Å². The van der Waals surface area contributed by atoms with Crippen LogP contribution in [0.25, 0.3) is 0 Å². The number of rotatable bonds is 3. The van der Waals surface area contributed by atoms with Gasteiger partial charge in [0.2, 0.25) is 11.8 Å². The molecule has 5 nitrogen and oxygen atoms in total. The summed E-state index contributed by atoms with van der Waals surface area (Å²) in [5.74, 6) is 1.60. The first-order valence-corrected chi connectivity index (χ1v) is 6.85. The van der Waals surface area contributed by atoms with E-state index in [2.05, 4.69) is 9.97 Å². The molecule has 2 heterocycles. The van der Waals surface area contributed by atoms with E-state index >= 15 is 0 Å². The Morgan fingerprint density at radius 3 is 2.63 bits per heavy atom. The minimum atomic E-state index is 0.148. The van der Waals surface area contributed by atoms with Gasteiger partial charge in [-0.25, -0.2) is 4.98 Å². The smallest absolute Gasteiger partial charge is 0.222 e. The van der Waals surface area contributed by atoms with Crippen LogP contribution in [0.4, 0.5) is 0 Å². The molecule has 1 aromatic rings. The molecule has 0 bridgehead atoms. The normalized spacial score (nSPS) is 16.5. The van der Waals surface area contributed by atoms with E-state index in [1.54, 1.807) is 0 Å². The third-order valence-corrected chi connectivity index (χ3v) is 3.33. The molecule has 1 saturated heterocycles. The highest BCUT2D eigenvalue weighted by Gasteiger charge is 2.23. The predicted octanol–water partition coefficient (Wildman–Crippen LogP) is 1.87. The number of ether oxygens (including phenoxy) is 1. The lowest BCUT2D eigenvalue weighted by Gasteiger charge is -2.31. The van der Waals surface area contributed by atoms with Gasteiger partial charge < -0.3 is 9.64 Å². The zero-order valence-corrected chi connectivity index (χ0v) is 11.8. The number of aromatic nitrogens is 2. The average molecular weight is 263 g/mol. The van der Waals surface area contributed by atoms with Crippen molar-refractivity contribution in [2.75, 3.05) is 13.1 Å². The van der Waals surface area contributed by atoms with E-state index in [-0.39, 0.29) is 12.0 Å². The number of nitrogens with zero attached hydrogens (tertiary/aromatic N) is 3. The topological polar surface area (TPSA) is 55.3 Å². The van der Waals surface area contributed by atoms with Crippen LogP contribution in [0.2, 0.25) is 0 Å². The number of likely N-dealkylation sites (tertiary alicyclic amines) is 1. The molecule has 1 aliphatic heterocycles. The van der Waals surface area contributed by atoms with Crippen molar-refractivity contribution >= 4 is 5.91 Å². The molecule has 2 rings (SSSR count). The van der Waals surface area contributed by atoms with Crippen molar-refractivity contribution in [1.82, 2.24) is 14.9 Å². The van der Waals surface area contributed by atoms with Crippen molar-refractivity contribution in [2.24, 2.45) is 0 Å². The van der Waals surface area contributed by atoms with Crippen LogP contribution < -0.4 is 4.74 Å². The number of carbonyl (C=O) groups excluding carboxylic acids is 1. The summed E-state index contributed by atoms with van der Waals surface area (Å²) in [6.45, 7) is 7.25. The van der Waals surface area contributed by atoms with Crippen LogP contribution in [0.3, 0.4) is 0 Å². The maximum atomic E-state index is 11.6. The summed E-state index contributed by atoms with van der Waals surface area (Å²) in [6.07, 6.45) is 2.46. The molecule has 5 heteroatoms. The van der Waals surface area contributed by atoms with Gasteiger partial charge in [0, 0.05) is 44.1 Å². The Hall–Kier alpha value is -1.65. The molecule has 0 saturated carbocycles. The Morgan fingerprint density at radius 1 is 1.37 bits per heavy atom. The lowest BCUT2D eigenvalue weighted by molar-refractivity contribution is -0.132. The van der Waals surface area contributed by atoms with E-state index < -0.39 is 0 Å². The van der Waals surface area contributed by atoms with Gasteiger partial charge in [0.15, 0.2) is 0 Å². The van der Waals surface area contributed by atoms with Crippen LogP contribution in [0, 0.1) is 13.8 Å². The van der Waals surface area contributed by atoms with E-state index in [0.29, 0.717) is 12.3 Å². The van der Waals surface area contributed by atoms with Gasteiger partial charge in [-0.3, -0.25) is 4.79 Å². The van der Waals surface area contributed by atoms with Gasteiger partial charge in [0.1, 0.15) is 11.9 Å². The van der Waals surface area contributed by atoms with Gasteiger partial charge in [0.25, 0.3) is 0 Å². The zero-order chi connectivity index (χ0) is 13.8. The monoisotopic (exact) mass is 263 g/mol. The summed E-state index contributed by atoms with van der Waals surface area (Å²) >= 11 is 0. The Morgan fingerprint density at radius 2 is 2.05 bits per heavy atom. The summed E-state index contributed by atoms with van der Waals surface area (Å²) in [5, 5.41) is 0. The molecule has 1 aliphatic rings. The van der Waals surface area contributed by atoms with Crippen LogP contribution in [-0.2, 0) is 4.79 Å². The molecule has 0 spiro atoms. The van der Waals surface area contributed by atoms with E-state index in [9.17, 15) is 4.79 Å². The lowest BCUT2D eigenvalue weighted by Crippen LogP contribution is -2.41. The van der Waals surface area contributed by atoms with Gasteiger partial charge in [-0.1, -0.05) is 6.92 Å². The standard InChI is InChI=1S/C14H21N3O2/c1-4-14(18)17-7-5-12(6-8-17)19-13-9-10(2)15-11(3)16-13/h9,12H,4-8H2,1-3H3.